The Labute approximate surface area is 152 Å². The predicted octanol–water partition coefficient (Wildman–Crippen LogP) is 3.20. The number of esters is 1. The number of benzene rings is 1. The Morgan fingerprint density at radius 2 is 1.88 bits per heavy atom. The first-order valence-corrected chi connectivity index (χ1v) is 8.44. The van der Waals surface area contributed by atoms with E-state index in [-0.39, 0.29) is 18.7 Å². The molecule has 0 saturated carbocycles. The second kappa shape index (κ2) is 8.03. The minimum absolute atomic E-state index is 0.0508. The zero-order valence-corrected chi connectivity index (χ0v) is 15.4. The van der Waals surface area contributed by atoms with Gasteiger partial charge in [0.05, 0.1) is 6.42 Å². The average Bonchev–Trinajstić information content (AvgIpc) is 2.96. The van der Waals surface area contributed by atoms with Gasteiger partial charge in [0, 0.05) is 29.2 Å². The number of aromatic amines is 1. The average molecular weight is 360 g/mol. The third-order valence-corrected chi connectivity index (χ3v) is 3.53. The number of ether oxygens (including phenoxy) is 2. The fraction of sp³-hybridized carbons (Fsp3) is 0.421. The summed E-state index contributed by atoms with van der Waals surface area (Å²) in [6.07, 6.45) is 0.0445. The van der Waals surface area contributed by atoms with E-state index >= 15 is 0 Å². The number of ketones is 1. The van der Waals surface area contributed by atoms with Crippen molar-refractivity contribution in [1.82, 2.24) is 10.3 Å². The van der Waals surface area contributed by atoms with Gasteiger partial charge in [-0.25, -0.2) is 4.79 Å². The number of para-hydroxylation sites is 1. The highest BCUT2D eigenvalue weighted by atomic mass is 16.6. The molecule has 1 aromatic heterocycles. The summed E-state index contributed by atoms with van der Waals surface area (Å²) in [6, 6.07) is 7.41. The van der Waals surface area contributed by atoms with Crippen LogP contribution in [0.4, 0.5) is 4.79 Å². The van der Waals surface area contributed by atoms with Crippen LogP contribution in [0.1, 0.15) is 44.5 Å². The maximum atomic E-state index is 12.5. The topological polar surface area (TPSA) is 97.5 Å². The number of aromatic nitrogens is 1. The maximum Gasteiger partial charge on any atom is 0.407 e. The van der Waals surface area contributed by atoms with E-state index < -0.39 is 23.8 Å². The fourth-order valence-corrected chi connectivity index (χ4v) is 2.38. The molecule has 7 heteroatoms. The normalized spacial score (nSPS) is 12.5. The number of fused-ring (bicyclic) bond motifs is 1. The lowest BCUT2D eigenvalue weighted by Crippen LogP contribution is -2.34. The number of Topliss-reactive ketones (excluding diaryl/α,β-unsaturated/α-hetero) is 1. The molecule has 1 aromatic carbocycles. The van der Waals surface area contributed by atoms with Crippen LogP contribution in [-0.4, -0.2) is 41.1 Å². The Morgan fingerprint density at radius 1 is 1.19 bits per heavy atom. The number of carbonyl (C=O) groups is 3. The van der Waals surface area contributed by atoms with Gasteiger partial charge in [0.2, 0.25) is 5.78 Å². The molecule has 0 radical (unpaired) electrons. The zero-order valence-electron chi connectivity index (χ0n) is 15.4. The molecule has 0 aliphatic rings. The van der Waals surface area contributed by atoms with Crippen LogP contribution < -0.4 is 5.32 Å². The Balaban J connectivity index is 1.83. The number of rotatable bonds is 6. The maximum absolute atomic E-state index is 12.5. The lowest BCUT2D eigenvalue weighted by molar-refractivity contribution is -0.146. The minimum Gasteiger partial charge on any atom is -0.454 e. The first-order chi connectivity index (χ1) is 12.2. The molecule has 0 unspecified atom stereocenters. The number of hydrogen-bond acceptors (Lipinski definition) is 5. The summed E-state index contributed by atoms with van der Waals surface area (Å²) < 4.78 is 10.2. The summed E-state index contributed by atoms with van der Waals surface area (Å²) in [4.78, 5) is 38.9. The Bertz CT molecular complexity index is 804. The monoisotopic (exact) mass is 360 g/mol. The van der Waals surface area contributed by atoms with Gasteiger partial charge in [-0.1, -0.05) is 18.2 Å². The van der Waals surface area contributed by atoms with Crippen molar-refractivity contribution < 1.29 is 23.9 Å². The molecule has 0 aliphatic carbocycles. The smallest absolute Gasteiger partial charge is 0.407 e. The van der Waals surface area contributed by atoms with Crippen LogP contribution in [-0.2, 0) is 14.3 Å². The lowest BCUT2D eigenvalue weighted by atomic mass is 10.1. The van der Waals surface area contributed by atoms with Gasteiger partial charge in [0.15, 0.2) is 6.10 Å². The number of amides is 1. The molecule has 1 amide bonds. The van der Waals surface area contributed by atoms with Crippen molar-refractivity contribution in [2.45, 2.75) is 45.8 Å². The number of nitrogens with one attached hydrogen (secondary N) is 2. The standard InChI is InChI=1S/C19H24N2O5/c1-12(17(23)14-11-21-15-8-6-5-7-13(14)15)25-16(22)9-10-20-18(24)26-19(2,3)4/h5-8,11-12,21H,9-10H2,1-4H3,(H,20,24)/t12-/m1/s1. The van der Waals surface area contributed by atoms with E-state index in [4.69, 9.17) is 9.47 Å². The number of carbonyl (C=O) groups excluding carboxylic acids is 3. The molecule has 7 nitrogen and oxygen atoms in total. The van der Waals surface area contributed by atoms with Gasteiger partial charge in [0.25, 0.3) is 0 Å². The van der Waals surface area contributed by atoms with Crippen molar-refractivity contribution >= 4 is 28.7 Å². The summed E-state index contributed by atoms with van der Waals surface area (Å²) in [7, 11) is 0. The molecule has 2 aromatic rings. The van der Waals surface area contributed by atoms with E-state index in [0.29, 0.717) is 5.56 Å². The second-order valence-corrected chi connectivity index (χ2v) is 6.92. The zero-order chi connectivity index (χ0) is 19.3. The van der Waals surface area contributed by atoms with Crippen LogP contribution in [0.3, 0.4) is 0 Å². The summed E-state index contributed by atoms with van der Waals surface area (Å²) in [6.45, 7) is 6.85. The highest BCUT2D eigenvalue weighted by molar-refractivity contribution is 6.10. The minimum atomic E-state index is -0.914. The highest BCUT2D eigenvalue weighted by Gasteiger charge is 2.22. The first-order valence-electron chi connectivity index (χ1n) is 8.44. The molecule has 0 bridgehead atoms. The van der Waals surface area contributed by atoms with E-state index in [1.54, 1.807) is 27.0 Å². The third kappa shape index (κ3) is 5.34. The molecular weight excluding hydrogens is 336 g/mol. The van der Waals surface area contributed by atoms with Gasteiger partial charge in [-0.05, 0) is 33.8 Å². The molecule has 1 heterocycles. The molecule has 140 valence electrons. The largest absolute Gasteiger partial charge is 0.454 e. The molecular formula is C19H24N2O5. The van der Waals surface area contributed by atoms with Crippen LogP contribution in [0, 0.1) is 0 Å². The molecule has 0 spiro atoms. The molecule has 2 rings (SSSR count). The Kier molecular flexibility index (Phi) is 6.02. The van der Waals surface area contributed by atoms with Gasteiger partial charge < -0.3 is 19.8 Å². The Morgan fingerprint density at radius 3 is 2.58 bits per heavy atom. The van der Waals surface area contributed by atoms with Crippen LogP contribution in [0.25, 0.3) is 10.9 Å². The summed E-state index contributed by atoms with van der Waals surface area (Å²) >= 11 is 0. The molecule has 26 heavy (non-hydrogen) atoms. The van der Waals surface area contributed by atoms with E-state index in [1.165, 1.54) is 6.92 Å². The predicted molar refractivity (Wildman–Crippen MR) is 97.0 cm³/mol. The van der Waals surface area contributed by atoms with E-state index in [2.05, 4.69) is 10.3 Å². The van der Waals surface area contributed by atoms with Gasteiger partial charge in [0.1, 0.15) is 5.60 Å². The van der Waals surface area contributed by atoms with Crippen LogP contribution >= 0.6 is 0 Å². The van der Waals surface area contributed by atoms with E-state index in [9.17, 15) is 14.4 Å². The van der Waals surface area contributed by atoms with Crippen molar-refractivity contribution in [3.05, 3.63) is 36.0 Å². The fourth-order valence-electron chi connectivity index (χ4n) is 2.38. The molecule has 1 atom stereocenters. The third-order valence-electron chi connectivity index (χ3n) is 3.53. The van der Waals surface area contributed by atoms with Crippen LogP contribution in [0.15, 0.2) is 30.5 Å². The molecule has 0 fully saturated rings. The summed E-state index contributed by atoms with van der Waals surface area (Å²) in [5.74, 6) is -0.849. The van der Waals surface area contributed by atoms with Crippen molar-refractivity contribution in [3.63, 3.8) is 0 Å². The van der Waals surface area contributed by atoms with Crippen molar-refractivity contribution in [3.8, 4) is 0 Å². The van der Waals surface area contributed by atoms with Crippen molar-refractivity contribution in [1.29, 1.82) is 0 Å². The van der Waals surface area contributed by atoms with Crippen LogP contribution in [0.5, 0.6) is 0 Å². The molecule has 0 aliphatic heterocycles. The number of H-pyrrole nitrogens is 1. The van der Waals surface area contributed by atoms with Gasteiger partial charge in [-0.15, -0.1) is 0 Å². The highest BCUT2D eigenvalue weighted by Crippen LogP contribution is 2.20. The number of hydrogen-bond donors (Lipinski definition) is 2. The van der Waals surface area contributed by atoms with Crippen LogP contribution in [0.2, 0.25) is 0 Å². The van der Waals surface area contributed by atoms with E-state index in [0.717, 1.165) is 10.9 Å². The summed E-state index contributed by atoms with van der Waals surface area (Å²) in [5.41, 5.74) is 0.717. The van der Waals surface area contributed by atoms with Gasteiger partial charge >= 0.3 is 12.1 Å². The number of alkyl carbamates (subject to hydrolysis) is 1. The van der Waals surface area contributed by atoms with E-state index in [1.807, 2.05) is 24.3 Å². The van der Waals surface area contributed by atoms with Gasteiger partial charge in [-0.2, -0.15) is 0 Å². The SMILES string of the molecule is C[C@@H](OC(=O)CCNC(=O)OC(C)(C)C)C(=O)c1c[nH]c2ccccc12. The summed E-state index contributed by atoms with van der Waals surface area (Å²) in [5, 5.41) is 3.26. The molecule has 0 saturated heterocycles. The first kappa shape index (κ1) is 19.5. The van der Waals surface area contributed by atoms with Gasteiger partial charge in [-0.3, -0.25) is 9.59 Å². The van der Waals surface area contributed by atoms with Crippen molar-refractivity contribution in [2.75, 3.05) is 6.54 Å². The van der Waals surface area contributed by atoms with Crippen molar-refractivity contribution in [2.24, 2.45) is 0 Å². The Hall–Kier alpha value is -2.83. The lowest BCUT2D eigenvalue weighted by Gasteiger charge is -2.19. The molecule has 2 N–H and O–H groups in total. The quantitative estimate of drug-likeness (QED) is 0.609. The second-order valence-electron chi connectivity index (χ2n) is 6.92.